The monoisotopic (exact) mass is 166 g/mol. The van der Waals surface area contributed by atoms with Crippen LogP contribution in [0, 0.1) is 5.92 Å². The molecule has 1 nitrogen and oxygen atoms in total. The van der Waals surface area contributed by atoms with E-state index in [-0.39, 0.29) is 0 Å². The molecule has 0 N–H and O–H groups in total. The Morgan fingerprint density at radius 1 is 1.17 bits per heavy atom. The van der Waals surface area contributed by atoms with E-state index in [2.05, 4.69) is 6.58 Å². The third-order valence-corrected chi connectivity index (χ3v) is 3.20. The molecule has 68 valence electrons. The summed E-state index contributed by atoms with van der Waals surface area (Å²) < 4.78 is 5.82. The van der Waals surface area contributed by atoms with Crippen LogP contribution in [0.1, 0.15) is 38.5 Å². The Kier molecular flexibility index (Phi) is 2.50. The third-order valence-electron chi connectivity index (χ3n) is 3.20. The average Bonchev–Trinajstić information content (AvgIpc) is 2.29. The molecule has 2 rings (SSSR count). The Morgan fingerprint density at radius 3 is 2.92 bits per heavy atom. The number of hydrogen-bond donors (Lipinski definition) is 0. The van der Waals surface area contributed by atoms with Crippen molar-refractivity contribution < 1.29 is 4.74 Å². The quantitative estimate of drug-likeness (QED) is 0.503. The van der Waals surface area contributed by atoms with Crippen LogP contribution in [-0.4, -0.2) is 12.7 Å². The fraction of sp³-hybridized carbons (Fsp3) is 0.818. The van der Waals surface area contributed by atoms with Gasteiger partial charge in [-0.05, 0) is 25.7 Å². The highest BCUT2D eigenvalue weighted by molar-refractivity contribution is 5.06. The molecule has 1 heterocycles. The van der Waals surface area contributed by atoms with Crippen molar-refractivity contribution in [3.05, 3.63) is 12.2 Å². The maximum Gasteiger partial charge on any atom is 0.0640 e. The van der Waals surface area contributed by atoms with Crippen molar-refractivity contribution in [1.82, 2.24) is 0 Å². The predicted molar refractivity (Wildman–Crippen MR) is 50.1 cm³/mol. The van der Waals surface area contributed by atoms with Gasteiger partial charge in [0, 0.05) is 12.5 Å². The molecule has 2 fully saturated rings. The normalized spacial score (nSPS) is 37.2. The first-order valence-corrected chi connectivity index (χ1v) is 5.17. The van der Waals surface area contributed by atoms with Gasteiger partial charge in [0.05, 0.1) is 6.10 Å². The fourth-order valence-electron chi connectivity index (χ4n) is 2.48. The van der Waals surface area contributed by atoms with Crippen molar-refractivity contribution in [3.8, 4) is 0 Å². The molecule has 0 amide bonds. The number of rotatable bonds is 0. The predicted octanol–water partition coefficient (Wildman–Crippen LogP) is 2.91. The lowest BCUT2D eigenvalue weighted by Gasteiger charge is -2.30. The Bertz CT molecular complexity index is 174. The molecule has 1 aliphatic heterocycles. The van der Waals surface area contributed by atoms with Crippen LogP contribution < -0.4 is 0 Å². The van der Waals surface area contributed by atoms with Gasteiger partial charge in [0.1, 0.15) is 0 Å². The minimum Gasteiger partial charge on any atom is -0.378 e. The van der Waals surface area contributed by atoms with Crippen molar-refractivity contribution in [2.75, 3.05) is 6.61 Å². The van der Waals surface area contributed by atoms with Gasteiger partial charge in [-0.3, -0.25) is 0 Å². The van der Waals surface area contributed by atoms with E-state index in [9.17, 15) is 0 Å². The van der Waals surface area contributed by atoms with Crippen LogP contribution in [0.4, 0.5) is 0 Å². The van der Waals surface area contributed by atoms with E-state index in [0.29, 0.717) is 12.0 Å². The van der Waals surface area contributed by atoms with Gasteiger partial charge in [-0.15, -0.1) is 0 Å². The van der Waals surface area contributed by atoms with Crippen molar-refractivity contribution in [1.29, 1.82) is 0 Å². The van der Waals surface area contributed by atoms with Crippen LogP contribution in [0.3, 0.4) is 0 Å². The molecular formula is C11H18O. The smallest absolute Gasteiger partial charge is 0.0640 e. The summed E-state index contributed by atoms with van der Waals surface area (Å²) in [6.07, 6.45) is 8.23. The minimum atomic E-state index is 0.522. The fourth-order valence-corrected chi connectivity index (χ4v) is 2.48. The second kappa shape index (κ2) is 3.61. The summed E-state index contributed by atoms with van der Waals surface area (Å²) in [5.41, 5.74) is 1.46. The standard InChI is InChI=1S/C11H18O/c1-9-5-4-8-12-11-7-3-2-6-10(9)11/h10-11H,1-8H2. The molecule has 0 radical (unpaired) electrons. The molecule has 0 aromatic carbocycles. The van der Waals surface area contributed by atoms with Gasteiger partial charge in [-0.1, -0.05) is 25.0 Å². The van der Waals surface area contributed by atoms with E-state index in [1.54, 1.807) is 0 Å². The lowest BCUT2D eigenvalue weighted by atomic mass is 9.81. The van der Waals surface area contributed by atoms with Crippen LogP contribution in [0.5, 0.6) is 0 Å². The summed E-state index contributed by atoms with van der Waals surface area (Å²) in [6.45, 7) is 5.14. The van der Waals surface area contributed by atoms with Crippen molar-refractivity contribution in [2.45, 2.75) is 44.6 Å². The molecule has 1 heteroatoms. The van der Waals surface area contributed by atoms with Crippen LogP contribution >= 0.6 is 0 Å². The van der Waals surface area contributed by atoms with E-state index >= 15 is 0 Å². The van der Waals surface area contributed by atoms with Crippen LogP contribution in [0.15, 0.2) is 12.2 Å². The Morgan fingerprint density at radius 2 is 2.00 bits per heavy atom. The molecule has 0 spiro atoms. The van der Waals surface area contributed by atoms with Gasteiger partial charge in [0.2, 0.25) is 0 Å². The van der Waals surface area contributed by atoms with E-state index in [4.69, 9.17) is 4.74 Å². The number of ether oxygens (including phenoxy) is 1. The summed E-state index contributed by atoms with van der Waals surface area (Å²) in [7, 11) is 0. The molecule has 1 saturated carbocycles. The molecule has 2 unspecified atom stereocenters. The van der Waals surface area contributed by atoms with Crippen LogP contribution in [-0.2, 0) is 4.74 Å². The second-order valence-electron chi connectivity index (χ2n) is 4.06. The largest absolute Gasteiger partial charge is 0.378 e. The first-order chi connectivity index (χ1) is 5.88. The van der Waals surface area contributed by atoms with E-state index in [1.165, 1.54) is 44.1 Å². The van der Waals surface area contributed by atoms with Gasteiger partial charge < -0.3 is 4.74 Å². The number of hydrogen-bond acceptors (Lipinski definition) is 1. The zero-order valence-corrected chi connectivity index (χ0v) is 7.72. The molecule has 1 aliphatic carbocycles. The number of fused-ring (bicyclic) bond motifs is 1. The van der Waals surface area contributed by atoms with Gasteiger partial charge in [-0.2, -0.15) is 0 Å². The van der Waals surface area contributed by atoms with Gasteiger partial charge in [0.25, 0.3) is 0 Å². The SMILES string of the molecule is C=C1CCCOC2CCCCC12. The maximum absolute atomic E-state index is 5.82. The van der Waals surface area contributed by atoms with Gasteiger partial charge in [-0.25, -0.2) is 0 Å². The lowest BCUT2D eigenvalue weighted by molar-refractivity contribution is 0.0106. The summed E-state index contributed by atoms with van der Waals surface area (Å²) in [5.74, 6) is 0.696. The van der Waals surface area contributed by atoms with E-state index in [1.807, 2.05) is 0 Å². The highest BCUT2D eigenvalue weighted by Crippen LogP contribution is 2.35. The summed E-state index contributed by atoms with van der Waals surface area (Å²) in [6, 6.07) is 0. The van der Waals surface area contributed by atoms with E-state index < -0.39 is 0 Å². The first kappa shape index (κ1) is 8.31. The maximum atomic E-state index is 5.82. The zero-order valence-electron chi connectivity index (χ0n) is 7.72. The Hall–Kier alpha value is -0.300. The Balaban J connectivity index is 2.06. The van der Waals surface area contributed by atoms with Crippen LogP contribution in [0.25, 0.3) is 0 Å². The van der Waals surface area contributed by atoms with Crippen molar-refractivity contribution in [2.24, 2.45) is 5.92 Å². The molecule has 1 saturated heterocycles. The first-order valence-electron chi connectivity index (χ1n) is 5.17. The summed E-state index contributed by atoms with van der Waals surface area (Å²) >= 11 is 0. The minimum absolute atomic E-state index is 0.522. The molecule has 0 aromatic rings. The zero-order chi connectivity index (χ0) is 8.39. The summed E-state index contributed by atoms with van der Waals surface area (Å²) in [5, 5.41) is 0. The second-order valence-corrected chi connectivity index (χ2v) is 4.06. The molecular weight excluding hydrogens is 148 g/mol. The lowest BCUT2D eigenvalue weighted by Crippen LogP contribution is -2.27. The Labute approximate surface area is 74.8 Å². The van der Waals surface area contributed by atoms with Crippen molar-refractivity contribution >= 4 is 0 Å². The highest BCUT2D eigenvalue weighted by atomic mass is 16.5. The molecule has 0 aromatic heterocycles. The highest BCUT2D eigenvalue weighted by Gasteiger charge is 2.29. The molecule has 2 aliphatic rings. The van der Waals surface area contributed by atoms with Crippen molar-refractivity contribution in [3.63, 3.8) is 0 Å². The van der Waals surface area contributed by atoms with Gasteiger partial charge >= 0.3 is 0 Å². The topological polar surface area (TPSA) is 9.23 Å². The average molecular weight is 166 g/mol. The van der Waals surface area contributed by atoms with E-state index in [0.717, 1.165) is 6.61 Å². The molecule has 0 bridgehead atoms. The third kappa shape index (κ3) is 1.56. The van der Waals surface area contributed by atoms with Crippen LogP contribution in [0.2, 0.25) is 0 Å². The molecule has 12 heavy (non-hydrogen) atoms. The van der Waals surface area contributed by atoms with Gasteiger partial charge in [0.15, 0.2) is 0 Å². The summed E-state index contributed by atoms with van der Waals surface area (Å²) in [4.78, 5) is 0. The molecule has 2 atom stereocenters.